The Labute approximate surface area is 194 Å². The summed E-state index contributed by atoms with van der Waals surface area (Å²) in [6, 6.07) is 6.09. The third-order valence-electron chi connectivity index (χ3n) is 6.25. The molecule has 1 aromatic carbocycles. The second kappa shape index (κ2) is 10.4. The topological polar surface area (TPSA) is 82.6 Å². The quantitative estimate of drug-likeness (QED) is 0.681. The molecule has 0 bridgehead atoms. The molecule has 174 valence electrons. The molecule has 0 saturated carbocycles. The number of benzene rings is 1. The molecule has 2 fully saturated rings. The normalized spacial score (nSPS) is 21.2. The summed E-state index contributed by atoms with van der Waals surface area (Å²) in [5.74, 6) is -0.295. The van der Waals surface area contributed by atoms with Gasteiger partial charge in [-0.3, -0.25) is 9.69 Å². The summed E-state index contributed by atoms with van der Waals surface area (Å²) in [6.45, 7) is 5.25. The van der Waals surface area contributed by atoms with Gasteiger partial charge < -0.3 is 5.32 Å². The minimum atomic E-state index is -3.73. The van der Waals surface area contributed by atoms with Crippen molar-refractivity contribution in [2.45, 2.75) is 69.4 Å². The van der Waals surface area contributed by atoms with E-state index in [1.807, 2.05) is 12.3 Å². The van der Waals surface area contributed by atoms with E-state index in [0.29, 0.717) is 18.1 Å². The van der Waals surface area contributed by atoms with Crippen molar-refractivity contribution in [3.8, 4) is 0 Å². The number of nitrogens with zero attached hydrogens (tertiary/aromatic N) is 3. The van der Waals surface area contributed by atoms with Crippen LogP contribution in [-0.2, 0) is 21.4 Å². The number of piperidine rings is 1. The molecule has 2 saturated heterocycles. The Kier molecular flexibility index (Phi) is 7.60. The molecule has 32 heavy (non-hydrogen) atoms. The Balaban J connectivity index is 1.43. The van der Waals surface area contributed by atoms with Crippen molar-refractivity contribution in [3.63, 3.8) is 0 Å². The number of sulfonamides is 1. The van der Waals surface area contributed by atoms with Crippen LogP contribution in [0.5, 0.6) is 0 Å². The van der Waals surface area contributed by atoms with Gasteiger partial charge in [0.05, 0.1) is 10.6 Å². The highest BCUT2D eigenvalue weighted by Gasteiger charge is 2.37. The Hall–Kier alpha value is -1.81. The third kappa shape index (κ3) is 5.57. The van der Waals surface area contributed by atoms with Crippen molar-refractivity contribution in [2.24, 2.45) is 0 Å². The van der Waals surface area contributed by atoms with Crippen LogP contribution >= 0.6 is 11.3 Å². The summed E-state index contributed by atoms with van der Waals surface area (Å²) in [4.78, 5) is 20.4. The minimum absolute atomic E-state index is 0.233. The highest BCUT2D eigenvalue weighted by molar-refractivity contribution is 7.89. The molecule has 3 heterocycles. The molecule has 2 aliphatic heterocycles. The number of carbonyl (C=O) groups excluding carboxylic acids is 1. The van der Waals surface area contributed by atoms with Crippen molar-refractivity contribution in [1.29, 1.82) is 0 Å². The molecule has 0 radical (unpaired) electrons. The molecule has 4 rings (SSSR count). The smallest absolute Gasteiger partial charge is 0.244 e. The highest BCUT2D eigenvalue weighted by atomic mass is 32.2. The van der Waals surface area contributed by atoms with Crippen LogP contribution < -0.4 is 5.32 Å². The summed E-state index contributed by atoms with van der Waals surface area (Å²) in [6.07, 6.45) is 7.13. The number of anilines is 1. The molecule has 2 aliphatic rings. The van der Waals surface area contributed by atoms with E-state index < -0.39 is 16.1 Å². The zero-order chi connectivity index (χ0) is 22.6. The Morgan fingerprint density at radius 1 is 1.06 bits per heavy atom. The third-order valence-corrected chi connectivity index (χ3v) is 8.98. The number of thiazole rings is 1. The molecular formula is C23H32N4O3S2. The number of aromatic nitrogens is 1. The van der Waals surface area contributed by atoms with E-state index in [4.69, 9.17) is 0 Å². The molecule has 1 aromatic heterocycles. The lowest BCUT2D eigenvalue weighted by atomic mass is 10.0. The average Bonchev–Trinajstić information content (AvgIpc) is 3.06. The van der Waals surface area contributed by atoms with Gasteiger partial charge in [-0.15, -0.1) is 11.3 Å². The van der Waals surface area contributed by atoms with Crippen LogP contribution in [0, 0.1) is 6.92 Å². The fourth-order valence-corrected chi connectivity index (χ4v) is 6.81. The average molecular weight is 477 g/mol. The van der Waals surface area contributed by atoms with Crippen molar-refractivity contribution in [1.82, 2.24) is 14.2 Å². The van der Waals surface area contributed by atoms with E-state index in [1.165, 1.54) is 41.3 Å². The van der Waals surface area contributed by atoms with Crippen LogP contribution in [0.1, 0.15) is 56.2 Å². The number of rotatable bonds is 6. The van der Waals surface area contributed by atoms with Gasteiger partial charge in [0.25, 0.3) is 0 Å². The molecule has 0 aliphatic carbocycles. The lowest BCUT2D eigenvalue weighted by Crippen LogP contribution is -2.49. The van der Waals surface area contributed by atoms with Crippen molar-refractivity contribution in [3.05, 3.63) is 40.9 Å². The molecule has 2 aromatic rings. The van der Waals surface area contributed by atoms with Crippen LogP contribution in [0.3, 0.4) is 0 Å². The predicted molar refractivity (Wildman–Crippen MR) is 127 cm³/mol. The summed E-state index contributed by atoms with van der Waals surface area (Å²) in [5.41, 5.74) is 1.96. The van der Waals surface area contributed by atoms with Gasteiger partial charge >= 0.3 is 0 Å². The number of nitrogens with one attached hydrogen (secondary N) is 1. The first-order valence-electron chi connectivity index (χ1n) is 11.5. The summed E-state index contributed by atoms with van der Waals surface area (Å²) < 4.78 is 27.9. The molecule has 0 spiro atoms. The maximum absolute atomic E-state index is 13.2. The zero-order valence-corrected chi connectivity index (χ0v) is 20.3. The number of hydrogen-bond acceptors (Lipinski definition) is 6. The van der Waals surface area contributed by atoms with Gasteiger partial charge in [-0.1, -0.05) is 37.0 Å². The number of aryl methyl sites for hydroxylation is 1. The van der Waals surface area contributed by atoms with Crippen molar-refractivity contribution in [2.75, 3.05) is 25.0 Å². The second-order valence-electron chi connectivity index (χ2n) is 8.76. The lowest BCUT2D eigenvalue weighted by Gasteiger charge is -2.33. The second-order valence-corrected chi connectivity index (χ2v) is 11.5. The van der Waals surface area contributed by atoms with Gasteiger partial charge in [0.2, 0.25) is 15.9 Å². The van der Waals surface area contributed by atoms with Crippen LogP contribution in [0.15, 0.2) is 34.5 Å². The molecule has 1 unspecified atom stereocenters. The predicted octanol–water partition coefficient (Wildman–Crippen LogP) is 4.01. The summed E-state index contributed by atoms with van der Waals surface area (Å²) in [7, 11) is -3.73. The molecule has 9 heteroatoms. The SMILES string of the molecule is Cc1ccc(S(=O)(=O)N2CCCCC2C(=O)Nc2nc(CN3CCCCCC3)cs2)cc1. The van der Waals surface area contributed by atoms with Gasteiger partial charge in [0.15, 0.2) is 5.13 Å². The molecule has 1 amide bonds. The van der Waals surface area contributed by atoms with Gasteiger partial charge in [0, 0.05) is 18.5 Å². The number of amides is 1. The van der Waals surface area contributed by atoms with Gasteiger partial charge in [-0.2, -0.15) is 4.31 Å². The van der Waals surface area contributed by atoms with E-state index in [0.717, 1.165) is 43.7 Å². The van der Waals surface area contributed by atoms with E-state index in [2.05, 4.69) is 15.2 Å². The summed E-state index contributed by atoms with van der Waals surface area (Å²) in [5, 5.41) is 5.42. The first-order chi connectivity index (χ1) is 15.4. The standard InChI is InChI=1S/C23H32N4O3S2/c1-18-9-11-20(12-10-18)32(29,30)27-15-7-4-8-21(27)22(28)25-23-24-19(17-31-23)16-26-13-5-2-3-6-14-26/h9-12,17,21H,2-8,13-16H2,1H3,(H,24,25,28). The minimum Gasteiger partial charge on any atom is -0.301 e. The Bertz CT molecular complexity index is 1010. The lowest BCUT2D eigenvalue weighted by molar-refractivity contribution is -0.120. The van der Waals surface area contributed by atoms with E-state index in [-0.39, 0.29) is 10.8 Å². The van der Waals surface area contributed by atoms with E-state index >= 15 is 0 Å². The van der Waals surface area contributed by atoms with E-state index in [1.54, 1.807) is 24.3 Å². The van der Waals surface area contributed by atoms with Gasteiger partial charge in [-0.25, -0.2) is 13.4 Å². The van der Waals surface area contributed by atoms with E-state index in [9.17, 15) is 13.2 Å². The first kappa shape index (κ1) is 23.4. The largest absolute Gasteiger partial charge is 0.301 e. The van der Waals surface area contributed by atoms with Crippen molar-refractivity contribution < 1.29 is 13.2 Å². The van der Waals surface area contributed by atoms with Crippen LogP contribution in [0.4, 0.5) is 5.13 Å². The Morgan fingerprint density at radius 3 is 2.47 bits per heavy atom. The van der Waals surface area contributed by atoms with Crippen LogP contribution in [0.25, 0.3) is 0 Å². The zero-order valence-electron chi connectivity index (χ0n) is 18.6. The fourth-order valence-electron chi connectivity index (χ4n) is 4.45. The highest BCUT2D eigenvalue weighted by Crippen LogP contribution is 2.27. The van der Waals surface area contributed by atoms with Crippen LogP contribution in [0.2, 0.25) is 0 Å². The first-order valence-corrected chi connectivity index (χ1v) is 13.8. The number of carbonyl (C=O) groups is 1. The summed E-state index contributed by atoms with van der Waals surface area (Å²) >= 11 is 1.40. The van der Waals surface area contributed by atoms with Gasteiger partial charge in [0.1, 0.15) is 6.04 Å². The Morgan fingerprint density at radius 2 is 1.75 bits per heavy atom. The van der Waals surface area contributed by atoms with Gasteiger partial charge in [-0.05, 0) is 57.8 Å². The maximum Gasteiger partial charge on any atom is 0.244 e. The molecule has 1 N–H and O–H groups in total. The monoisotopic (exact) mass is 476 g/mol. The number of hydrogen-bond donors (Lipinski definition) is 1. The molecule has 7 nitrogen and oxygen atoms in total. The maximum atomic E-state index is 13.2. The molecule has 1 atom stereocenters. The number of likely N-dealkylation sites (tertiary alicyclic amines) is 1. The van der Waals surface area contributed by atoms with Crippen LogP contribution in [-0.4, -0.2) is 54.2 Å². The fraction of sp³-hybridized carbons (Fsp3) is 0.565. The molecular weight excluding hydrogens is 444 g/mol. The van der Waals surface area contributed by atoms with Crippen molar-refractivity contribution >= 4 is 32.4 Å².